The summed E-state index contributed by atoms with van der Waals surface area (Å²) in [6.45, 7) is 3.73. The minimum absolute atomic E-state index is 0.154. The molecule has 0 N–H and O–H groups in total. The van der Waals surface area contributed by atoms with Gasteiger partial charge in [-0.05, 0) is 30.0 Å². The molecule has 0 aliphatic rings. The molecule has 0 aromatic heterocycles. The highest BCUT2D eigenvalue weighted by Gasteiger charge is 2.22. The van der Waals surface area contributed by atoms with E-state index in [0.29, 0.717) is 24.1 Å². The van der Waals surface area contributed by atoms with Gasteiger partial charge in [0, 0.05) is 12.1 Å². The van der Waals surface area contributed by atoms with Crippen LogP contribution in [0.15, 0.2) is 24.3 Å². The van der Waals surface area contributed by atoms with Crippen molar-refractivity contribution in [2.75, 3.05) is 0 Å². The number of hydrogen-bond acceptors (Lipinski definition) is 3. The molecule has 0 aliphatic carbocycles. The Morgan fingerprint density at radius 2 is 1.56 bits per heavy atom. The molecule has 0 unspecified atom stereocenters. The molecule has 0 atom stereocenters. The fourth-order valence-electron chi connectivity index (χ4n) is 2.28. The van der Waals surface area contributed by atoms with Crippen LogP contribution >= 0.6 is 0 Å². The van der Waals surface area contributed by atoms with E-state index in [0.717, 1.165) is 12.1 Å². The number of carbonyl (C=O) groups excluding carboxylic acids is 1. The SMILES string of the molecule is CC(C)Cc1cc(F)c(C(=O)Oc2cc(F)c(C#N)c(F)c2)c(F)c1. The lowest BCUT2D eigenvalue weighted by atomic mass is 10.0. The maximum absolute atomic E-state index is 14.1. The minimum Gasteiger partial charge on any atom is -0.423 e. The zero-order valence-corrected chi connectivity index (χ0v) is 13.4. The van der Waals surface area contributed by atoms with Crippen LogP contribution < -0.4 is 4.74 Å². The number of hydrogen-bond donors (Lipinski definition) is 0. The second kappa shape index (κ2) is 7.34. The quantitative estimate of drug-likeness (QED) is 0.462. The van der Waals surface area contributed by atoms with E-state index in [-0.39, 0.29) is 5.92 Å². The Kier molecular flexibility index (Phi) is 5.42. The number of ether oxygens (including phenoxy) is 1. The van der Waals surface area contributed by atoms with E-state index < -0.39 is 46.1 Å². The van der Waals surface area contributed by atoms with E-state index in [9.17, 15) is 22.4 Å². The smallest absolute Gasteiger partial charge is 0.349 e. The van der Waals surface area contributed by atoms with Crippen molar-refractivity contribution < 1.29 is 27.1 Å². The Morgan fingerprint density at radius 1 is 1.04 bits per heavy atom. The third-order valence-corrected chi connectivity index (χ3v) is 3.29. The predicted molar refractivity (Wildman–Crippen MR) is 80.9 cm³/mol. The summed E-state index contributed by atoms with van der Waals surface area (Å²) in [5, 5.41) is 8.57. The number of nitriles is 1. The summed E-state index contributed by atoms with van der Waals surface area (Å²) in [7, 11) is 0. The van der Waals surface area contributed by atoms with Crippen molar-refractivity contribution >= 4 is 5.97 Å². The van der Waals surface area contributed by atoms with E-state index in [1.807, 2.05) is 13.8 Å². The van der Waals surface area contributed by atoms with Gasteiger partial charge in [-0.15, -0.1) is 0 Å². The molecule has 0 heterocycles. The Hall–Kier alpha value is -2.88. The van der Waals surface area contributed by atoms with Crippen LogP contribution in [-0.4, -0.2) is 5.97 Å². The third-order valence-electron chi connectivity index (χ3n) is 3.29. The number of nitrogens with zero attached hydrogens (tertiary/aromatic N) is 1. The zero-order valence-electron chi connectivity index (χ0n) is 13.4. The van der Waals surface area contributed by atoms with Gasteiger partial charge in [0.25, 0.3) is 0 Å². The molecule has 0 saturated heterocycles. The van der Waals surface area contributed by atoms with E-state index >= 15 is 0 Å². The molecule has 7 heteroatoms. The summed E-state index contributed by atoms with van der Waals surface area (Å²) in [6, 6.07) is 4.50. The van der Waals surface area contributed by atoms with Crippen molar-refractivity contribution in [2.45, 2.75) is 20.3 Å². The first-order valence-corrected chi connectivity index (χ1v) is 7.32. The molecule has 2 aromatic carbocycles. The molecule has 0 bridgehead atoms. The van der Waals surface area contributed by atoms with Crippen molar-refractivity contribution in [2.24, 2.45) is 5.92 Å². The monoisotopic (exact) mass is 351 g/mol. The van der Waals surface area contributed by atoms with Crippen LogP contribution in [0, 0.1) is 40.5 Å². The highest BCUT2D eigenvalue weighted by atomic mass is 19.1. The van der Waals surface area contributed by atoms with Gasteiger partial charge in [0.2, 0.25) is 0 Å². The maximum atomic E-state index is 14.1. The van der Waals surface area contributed by atoms with Crippen molar-refractivity contribution in [3.8, 4) is 11.8 Å². The number of halogens is 4. The second-order valence-electron chi connectivity index (χ2n) is 5.80. The lowest BCUT2D eigenvalue weighted by Gasteiger charge is -2.10. The van der Waals surface area contributed by atoms with Gasteiger partial charge in [0.05, 0.1) is 0 Å². The highest BCUT2D eigenvalue weighted by Crippen LogP contribution is 2.23. The summed E-state index contributed by atoms with van der Waals surface area (Å²) in [4.78, 5) is 12.0. The van der Waals surface area contributed by atoms with Gasteiger partial charge >= 0.3 is 5.97 Å². The Bertz CT molecular complexity index is 826. The first-order valence-electron chi connectivity index (χ1n) is 7.32. The molecule has 0 aliphatic heterocycles. The minimum atomic E-state index is -1.44. The molecule has 0 saturated carbocycles. The van der Waals surface area contributed by atoms with Crippen LogP contribution in [0.4, 0.5) is 17.6 Å². The molecule has 130 valence electrons. The van der Waals surface area contributed by atoms with Gasteiger partial charge in [-0.3, -0.25) is 0 Å². The predicted octanol–water partition coefficient (Wildman–Crippen LogP) is 4.53. The van der Waals surface area contributed by atoms with Crippen molar-refractivity contribution in [3.63, 3.8) is 0 Å². The first-order chi connectivity index (χ1) is 11.7. The summed E-state index contributed by atoms with van der Waals surface area (Å²) in [5.74, 6) is -6.65. The fraction of sp³-hybridized carbons (Fsp3) is 0.222. The average molecular weight is 351 g/mol. The molecule has 2 rings (SSSR count). The molecule has 0 radical (unpaired) electrons. The van der Waals surface area contributed by atoms with Gasteiger partial charge in [0.15, 0.2) is 0 Å². The summed E-state index contributed by atoms with van der Waals surface area (Å²) >= 11 is 0. The van der Waals surface area contributed by atoms with Gasteiger partial charge < -0.3 is 4.74 Å². The molecular formula is C18H13F4NO2. The van der Waals surface area contributed by atoms with Gasteiger partial charge in [-0.25, -0.2) is 22.4 Å². The van der Waals surface area contributed by atoms with E-state index in [1.54, 1.807) is 0 Å². The molecule has 3 nitrogen and oxygen atoms in total. The molecular weight excluding hydrogens is 338 g/mol. The maximum Gasteiger partial charge on any atom is 0.349 e. The summed E-state index contributed by atoms with van der Waals surface area (Å²) in [6.07, 6.45) is 0.412. The van der Waals surface area contributed by atoms with Gasteiger partial charge in [-0.1, -0.05) is 13.8 Å². The molecule has 0 spiro atoms. The van der Waals surface area contributed by atoms with E-state index in [1.165, 1.54) is 6.07 Å². The fourth-order valence-corrected chi connectivity index (χ4v) is 2.28. The summed E-state index contributed by atoms with van der Waals surface area (Å²) in [5.41, 5.74) is -1.44. The Morgan fingerprint density at radius 3 is 2.00 bits per heavy atom. The molecule has 25 heavy (non-hydrogen) atoms. The number of rotatable bonds is 4. The van der Waals surface area contributed by atoms with Gasteiger partial charge in [0.1, 0.15) is 46.2 Å². The zero-order chi connectivity index (χ0) is 18.7. The Balaban J connectivity index is 2.32. The average Bonchev–Trinajstić information content (AvgIpc) is 2.45. The van der Waals surface area contributed by atoms with Crippen molar-refractivity contribution in [1.82, 2.24) is 0 Å². The van der Waals surface area contributed by atoms with E-state index in [4.69, 9.17) is 5.26 Å². The molecule has 0 amide bonds. The summed E-state index contributed by atoms with van der Waals surface area (Å²) < 4.78 is 59.7. The standard InChI is InChI=1S/C18H13F4NO2/c1-9(2)3-10-4-15(21)17(16(22)5-10)18(24)25-11-6-13(19)12(8-23)14(20)7-11/h4-7,9H,3H2,1-2H3. The van der Waals surface area contributed by atoms with Crippen molar-refractivity contribution in [3.05, 3.63) is 64.2 Å². The van der Waals surface area contributed by atoms with Crippen LogP contribution in [0.2, 0.25) is 0 Å². The van der Waals surface area contributed by atoms with Gasteiger partial charge in [-0.2, -0.15) is 5.26 Å². The number of carbonyl (C=O) groups is 1. The highest BCUT2D eigenvalue weighted by molar-refractivity contribution is 5.91. The van der Waals surface area contributed by atoms with Crippen LogP contribution in [0.5, 0.6) is 5.75 Å². The van der Waals surface area contributed by atoms with E-state index in [2.05, 4.69) is 4.74 Å². The molecule has 0 fully saturated rings. The second-order valence-corrected chi connectivity index (χ2v) is 5.80. The Labute approximate surface area is 141 Å². The molecule has 2 aromatic rings. The number of esters is 1. The lowest BCUT2D eigenvalue weighted by molar-refractivity contribution is 0.0723. The largest absolute Gasteiger partial charge is 0.423 e. The van der Waals surface area contributed by atoms with Crippen LogP contribution in [0.1, 0.15) is 35.3 Å². The van der Waals surface area contributed by atoms with Crippen LogP contribution in [-0.2, 0) is 6.42 Å². The van der Waals surface area contributed by atoms with Crippen molar-refractivity contribution in [1.29, 1.82) is 5.26 Å². The normalized spacial score (nSPS) is 10.6. The third kappa shape index (κ3) is 4.15. The van der Waals surface area contributed by atoms with Crippen LogP contribution in [0.25, 0.3) is 0 Å². The topological polar surface area (TPSA) is 50.1 Å². The first kappa shape index (κ1) is 18.5. The number of benzene rings is 2. The lowest BCUT2D eigenvalue weighted by Crippen LogP contribution is -2.14. The van der Waals surface area contributed by atoms with Crippen LogP contribution in [0.3, 0.4) is 0 Å².